The molecule has 0 atom stereocenters. The van der Waals surface area contributed by atoms with Crippen molar-refractivity contribution in [3.05, 3.63) is 87.9 Å². The Morgan fingerprint density at radius 3 is 2.42 bits per heavy atom. The van der Waals surface area contributed by atoms with Crippen LogP contribution in [-0.2, 0) is 9.59 Å². The minimum atomic E-state index is -0.973. The third-order valence-electron chi connectivity index (χ3n) is 4.47. The van der Waals surface area contributed by atoms with Gasteiger partial charge < -0.3 is 4.42 Å². The van der Waals surface area contributed by atoms with Gasteiger partial charge in [0.1, 0.15) is 22.9 Å². The SMILES string of the molecule is O=C1NC(=O)N(c2ccc(F)cc2)C(=O)/C1=C\c1ccc(-c2ccccc2[N+](=O)[O-])o1. The van der Waals surface area contributed by atoms with E-state index in [0.717, 1.165) is 18.2 Å². The molecule has 0 saturated carbocycles. The van der Waals surface area contributed by atoms with E-state index in [9.17, 15) is 28.9 Å². The Hall–Kier alpha value is -4.60. The van der Waals surface area contributed by atoms with Crippen molar-refractivity contribution < 1.29 is 28.1 Å². The summed E-state index contributed by atoms with van der Waals surface area (Å²) in [4.78, 5) is 48.6. The number of nitro benzene ring substituents is 1. The summed E-state index contributed by atoms with van der Waals surface area (Å²) in [6, 6.07) is 12.4. The molecular weight excluding hydrogens is 409 g/mol. The molecule has 1 aliphatic rings. The van der Waals surface area contributed by atoms with Gasteiger partial charge in [0, 0.05) is 6.07 Å². The van der Waals surface area contributed by atoms with Gasteiger partial charge in [0.25, 0.3) is 17.5 Å². The number of para-hydroxylation sites is 1. The largest absolute Gasteiger partial charge is 0.456 e. The van der Waals surface area contributed by atoms with Gasteiger partial charge in [-0.25, -0.2) is 14.1 Å². The van der Waals surface area contributed by atoms with E-state index in [0.29, 0.717) is 4.90 Å². The summed E-state index contributed by atoms with van der Waals surface area (Å²) in [5, 5.41) is 13.3. The number of carbonyl (C=O) groups is 3. The average Bonchev–Trinajstić information content (AvgIpc) is 3.21. The van der Waals surface area contributed by atoms with Crippen molar-refractivity contribution in [2.24, 2.45) is 0 Å². The van der Waals surface area contributed by atoms with Gasteiger partial charge in [-0.15, -0.1) is 0 Å². The van der Waals surface area contributed by atoms with E-state index in [2.05, 4.69) is 0 Å². The molecule has 0 radical (unpaired) electrons. The highest BCUT2D eigenvalue weighted by atomic mass is 19.1. The molecule has 4 rings (SSSR count). The maximum atomic E-state index is 13.2. The molecule has 1 N–H and O–H groups in total. The van der Waals surface area contributed by atoms with E-state index >= 15 is 0 Å². The van der Waals surface area contributed by atoms with Crippen molar-refractivity contribution in [1.29, 1.82) is 0 Å². The minimum absolute atomic E-state index is 0.0695. The zero-order valence-corrected chi connectivity index (χ0v) is 15.6. The van der Waals surface area contributed by atoms with Crippen LogP contribution in [0.2, 0.25) is 0 Å². The Bertz CT molecular complexity index is 1260. The van der Waals surface area contributed by atoms with E-state index in [4.69, 9.17) is 4.42 Å². The van der Waals surface area contributed by atoms with E-state index in [1.54, 1.807) is 6.07 Å². The van der Waals surface area contributed by atoms with Crippen LogP contribution in [0.1, 0.15) is 5.76 Å². The van der Waals surface area contributed by atoms with Gasteiger partial charge in [-0.3, -0.25) is 25.0 Å². The number of carbonyl (C=O) groups excluding carboxylic acids is 3. The maximum Gasteiger partial charge on any atom is 0.335 e. The smallest absolute Gasteiger partial charge is 0.335 e. The molecule has 0 spiro atoms. The van der Waals surface area contributed by atoms with Crippen LogP contribution in [0.15, 0.2) is 70.7 Å². The zero-order valence-electron chi connectivity index (χ0n) is 15.6. The highest BCUT2D eigenvalue weighted by Crippen LogP contribution is 2.31. The fraction of sp³-hybridized carbons (Fsp3) is 0. The predicted molar refractivity (Wildman–Crippen MR) is 106 cm³/mol. The van der Waals surface area contributed by atoms with Crippen LogP contribution >= 0.6 is 0 Å². The summed E-state index contributed by atoms with van der Waals surface area (Å²) in [5.74, 6) is -2.19. The Morgan fingerprint density at radius 2 is 1.71 bits per heavy atom. The number of nitro groups is 1. The lowest BCUT2D eigenvalue weighted by atomic mass is 10.1. The summed E-state index contributed by atoms with van der Waals surface area (Å²) in [7, 11) is 0. The fourth-order valence-electron chi connectivity index (χ4n) is 3.04. The number of nitrogens with one attached hydrogen (secondary N) is 1. The highest BCUT2D eigenvalue weighted by Gasteiger charge is 2.37. The fourth-order valence-corrected chi connectivity index (χ4v) is 3.04. The summed E-state index contributed by atoms with van der Waals surface area (Å²) in [6.07, 6.45) is 1.12. The van der Waals surface area contributed by atoms with E-state index in [1.807, 2.05) is 5.32 Å². The number of benzene rings is 2. The van der Waals surface area contributed by atoms with Crippen LogP contribution in [-0.4, -0.2) is 22.8 Å². The number of imide groups is 2. The lowest BCUT2D eigenvalue weighted by Gasteiger charge is -2.26. The van der Waals surface area contributed by atoms with Gasteiger partial charge >= 0.3 is 6.03 Å². The number of hydrogen-bond acceptors (Lipinski definition) is 6. The van der Waals surface area contributed by atoms with Crippen molar-refractivity contribution >= 4 is 35.3 Å². The van der Waals surface area contributed by atoms with Gasteiger partial charge in [0.15, 0.2) is 0 Å². The van der Waals surface area contributed by atoms with Crippen LogP contribution in [0.4, 0.5) is 20.6 Å². The van der Waals surface area contributed by atoms with Crippen LogP contribution in [0.5, 0.6) is 0 Å². The lowest BCUT2D eigenvalue weighted by molar-refractivity contribution is -0.384. The molecule has 1 aliphatic heterocycles. The molecule has 31 heavy (non-hydrogen) atoms. The first-order valence-electron chi connectivity index (χ1n) is 8.86. The summed E-state index contributed by atoms with van der Waals surface area (Å²) >= 11 is 0. The summed E-state index contributed by atoms with van der Waals surface area (Å²) < 4.78 is 18.7. The van der Waals surface area contributed by atoms with E-state index in [1.165, 1.54) is 42.5 Å². The number of rotatable bonds is 4. The number of nitrogens with zero attached hydrogens (tertiary/aromatic N) is 2. The predicted octanol–water partition coefficient (Wildman–Crippen LogP) is 3.66. The second-order valence-electron chi connectivity index (χ2n) is 6.41. The van der Waals surface area contributed by atoms with Gasteiger partial charge in [0.05, 0.1) is 16.2 Å². The Morgan fingerprint density at radius 1 is 1.00 bits per heavy atom. The molecule has 2 heterocycles. The van der Waals surface area contributed by atoms with Gasteiger partial charge in [0.2, 0.25) is 0 Å². The molecule has 1 aromatic heterocycles. The Kier molecular flexibility index (Phi) is 4.88. The van der Waals surface area contributed by atoms with Gasteiger partial charge in [-0.05, 0) is 48.5 Å². The van der Waals surface area contributed by atoms with Crippen molar-refractivity contribution in [1.82, 2.24) is 5.32 Å². The first-order valence-corrected chi connectivity index (χ1v) is 8.86. The van der Waals surface area contributed by atoms with Crippen LogP contribution in [0.3, 0.4) is 0 Å². The lowest BCUT2D eigenvalue weighted by Crippen LogP contribution is -2.54. The van der Waals surface area contributed by atoms with E-state index < -0.39 is 34.2 Å². The normalized spacial score (nSPS) is 15.3. The number of furan rings is 1. The zero-order chi connectivity index (χ0) is 22.1. The van der Waals surface area contributed by atoms with Crippen molar-refractivity contribution in [3.63, 3.8) is 0 Å². The number of halogens is 1. The van der Waals surface area contributed by atoms with Crippen LogP contribution < -0.4 is 10.2 Å². The number of barbiturate groups is 1. The minimum Gasteiger partial charge on any atom is -0.456 e. The first-order chi connectivity index (χ1) is 14.8. The molecule has 4 amide bonds. The molecule has 1 fully saturated rings. The number of hydrogen-bond donors (Lipinski definition) is 1. The summed E-state index contributed by atoms with van der Waals surface area (Å²) in [5.41, 5.74) is -0.273. The molecular formula is C21H12FN3O6. The third kappa shape index (κ3) is 3.69. The summed E-state index contributed by atoms with van der Waals surface area (Å²) in [6.45, 7) is 0. The Labute approximate surface area is 173 Å². The second kappa shape index (κ2) is 7.67. The topological polar surface area (TPSA) is 123 Å². The van der Waals surface area contributed by atoms with Gasteiger partial charge in [-0.2, -0.15) is 0 Å². The van der Waals surface area contributed by atoms with Crippen LogP contribution in [0.25, 0.3) is 17.4 Å². The first kappa shape index (κ1) is 19.7. The standard InChI is InChI=1S/C21H12FN3O6/c22-12-5-7-13(8-6-12)24-20(27)16(19(26)23-21(24)28)11-14-9-10-18(31-14)15-3-1-2-4-17(15)25(29)30/h1-11H,(H,23,26,28)/b16-11-. The molecule has 0 unspecified atom stereocenters. The maximum absolute atomic E-state index is 13.2. The van der Waals surface area contributed by atoms with Crippen molar-refractivity contribution in [2.45, 2.75) is 0 Å². The molecule has 0 aliphatic carbocycles. The second-order valence-corrected chi connectivity index (χ2v) is 6.41. The molecule has 9 nitrogen and oxygen atoms in total. The number of anilines is 1. The third-order valence-corrected chi connectivity index (χ3v) is 4.47. The number of urea groups is 1. The molecule has 0 bridgehead atoms. The monoisotopic (exact) mass is 421 g/mol. The Balaban J connectivity index is 1.69. The molecule has 1 saturated heterocycles. The van der Waals surface area contributed by atoms with Crippen LogP contribution in [0, 0.1) is 15.9 Å². The van der Waals surface area contributed by atoms with E-state index in [-0.39, 0.29) is 28.5 Å². The quantitative estimate of drug-likeness (QED) is 0.297. The van der Waals surface area contributed by atoms with Crippen molar-refractivity contribution in [2.75, 3.05) is 4.90 Å². The molecule has 2 aromatic carbocycles. The number of amides is 4. The highest BCUT2D eigenvalue weighted by molar-refractivity contribution is 6.39. The molecule has 3 aromatic rings. The molecule has 154 valence electrons. The van der Waals surface area contributed by atoms with Crippen molar-refractivity contribution in [3.8, 4) is 11.3 Å². The van der Waals surface area contributed by atoms with Gasteiger partial charge in [-0.1, -0.05) is 12.1 Å². The molecule has 10 heteroatoms. The average molecular weight is 421 g/mol.